The van der Waals surface area contributed by atoms with Gasteiger partial charge < -0.3 is 11.1 Å². The van der Waals surface area contributed by atoms with E-state index in [1.807, 2.05) is 10.9 Å². The fourth-order valence-electron chi connectivity index (χ4n) is 4.88. The van der Waals surface area contributed by atoms with E-state index in [0.717, 1.165) is 18.5 Å². The summed E-state index contributed by atoms with van der Waals surface area (Å²) in [6, 6.07) is 0. The summed E-state index contributed by atoms with van der Waals surface area (Å²) >= 11 is 0. The monoisotopic (exact) mass is 333 g/mol. The van der Waals surface area contributed by atoms with Gasteiger partial charge in [-0.15, -0.1) is 5.10 Å². The summed E-state index contributed by atoms with van der Waals surface area (Å²) in [7, 11) is 0. The Morgan fingerprint density at radius 3 is 2.58 bits per heavy atom. The minimum absolute atomic E-state index is 0.0907. The molecule has 2 aliphatic carbocycles. The molecule has 1 aromatic rings. The predicted octanol–water partition coefficient (Wildman–Crippen LogP) is 2.10. The number of nitrogens with two attached hydrogens (primary N) is 1. The zero-order valence-corrected chi connectivity index (χ0v) is 15.4. The maximum atomic E-state index is 13.0. The van der Waals surface area contributed by atoms with Crippen molar-refractivity contribution >= 4 is 5.91 Å². The van der Waals surface area contributed by atoms with Crippen LogP contribution in [0.2, 0.25) is 0 Å². The maximum Gasteiger partial charge on any atom is 0.226 e. The second-order valence-electron chi connectivity index (χ2n) is 9.04. The van der Waals surface area contributed by atoms with Crippen molar-refractivity contribution in [3.05, 3.63) is 11.9 Å². The number of amides is 1. The fourth-order valence-corrected chi connectivity index (χ4v) is 4.88. The molecule has 134 valence electrons. The Labute approximate surface area is 144 Å². The number of nitrogens with zero attached hydrogens (tertiary/aromatic N) is 3. The van der Waals surface area contributed by atoms with Crippen molar-refractivity contribution in [2.45, 2.75) is 66.5 Å². The Balaban J connectivity index is 1.61. The van der Waals surface area contributed by atoms with E-state index in [0.29, 0.717) is 25.6 Å². The number of fused-ring (bicyclic) bond motifs is 2. The van der Waals surface area contributed by atoms with Crippen LogP contribution in [0.15, 0.2) is 6.20 Å². The van der Waals surface area contributed by atoms with E-state index >= 15 is 0 Å². The van der Waals surface area contributed by atoms with Gasteiger partial charge in [-0.1, -0.05) is 32.9 Å². The summed E-state index contributed by atoms with van der Waals surface area (Å²) in [4.78, 5) is 13.0. The van der Waals surface area contributed by atoms with E-state index in [1.54, 1.807) is 0 Å². The van der Waals surface area contributed by atoms with Crippen LogP contribution in [-0.2, 0) is 17.9 Å². The van der Waals surface area contributed by atoms with Crippen molar-refractivity contribution < 1.29 is 4.79 Å². The normalized spacial score (nSPS) is 28.3. The minimum Gasteiger partial charge on any atom is -0.355 e. The van der Waals surface area contributed by atoms with E-state index in [2.05, 4.69) is 43.3 Å². The van der Waals surface area contributed by atoms with Gasteiger partial charge in [-0.25, -0.2) is 0 Å². The van der Waals surface area contributed by atoms with Gasteiger partial charge in [0.1, 0.15) is 0 Å². The van der Waals surface area contributed by atoms with E-state index < -0.39 is 0 Å². The lowest BCUT2D eigenvalue weighted by Crippen LogP contribution is -2.48. The molecule has 1 amide bonds. The molecule has 0 atom stereocenters. The minimum atomic E-state index is -0.159. The highest BCUT2D eigenvalue weighted by atomic mass is 16.2. The summed E-state index contributed by atoms with van der Waals surface area (Å²) < 4.78 is 1.82. The Morgan fingerprint density at radius 2 is 2.08 bits per heavy atom. The molecule has 0 aliphatic heterocycles. The second kappa shape index (κ2) is 5.83. The van der Waals surface area contributed by atoms with Gasteiger partial charge in [-0.3, -0.25) is 9.48 Å². The van der Waals surface area contributed by atoms with Crippen molar-refractivity contribution in [1.29, 1.82) is 0 Å². The molecule has 2 saturated carbocycles. The lowest BCUT2D eigenvalue weighted by atomic mass is 9.68. The molecule has 2 fully saturated rings. The highest BCUT2D eigenvalue weighted by molar-refractivity contribution is 5.84. The van der Waals surface area contributed by atoms with Gasteiger partial charge in [-0.05, 0) is 37.0 Å². The summed E-state index contributed by atoms with van der Waals surface area (Å²) in [5.74, 6) is 0.961. The predicted molar refractivity (Wildman–Crippen MR) is 92.9 cm³/mol. The van der Waals surface area contributed by atoms with Gasteiger partial charge in [0.15, 0.2) is 0 Å². The van der Waals surface area contributed by atoms with Crippen LogP contribution >= 0.6 is 0 Å². The van der Waals surface area contributed by atoms with Crippen LogP contribution in [0.4, 0.5) is 0 Å². The first-order chi connectivity index (χ1) is 11.2. The van der Waals surface area contributed by atoms with Crippen LogP contribution in [-0.4, -0.2) is 27.4 Å². The van der Waals surface area contributed by atoms with Gasteiger partial charge in [0.25, 0.3) is 0 Å². The molecule has 0 saturated heterocycles. The fraction of sp³-hybridized carbons (Fsp3) is 0.833. The quantitative estimate of drug-likeness (QED) is 0.835. The molecule has 2 bridgehead atoms. The molecule has 0 spiro atoms. The summed E-state index contributed by atoms with van der Waals surface area (Å²) in [5, 5.41) is 11.4. The third-order valence-corrected chi connectivity index (χ3v) is 6.64. The molecule has 0 unspecified atom stereocenters. The lowest BCUT2D eigenvalue weighted by Gasteiger charge is -2.37. The van der Waals surface area contributed by atoms with Crippen molar-refractivity contribution in [2.75, 3.05) is 6.54 Å². The standard InChI is InChI=1S/C18H31N5O/c1-16(2,12-23-10-14(9-19)21-22-23)11-20-15(24)18-7-5-13(6-8-18)17(18,3)4/h10,13H,5-9,11-12,19H2,1-4H3,(H,20,24). The average molecular weight is 333 g/mol. The highest BCUT2D eigenvalue weighted by Crippen LogP contribution is 2.65. The van der Waals surface area contributed by atoms with Crippen molar-refractivity contribution in [1.82, 2.24) is 20.3 Å². The number of carbonyl (C=O) groups excluding carboxylic acids is 1. The smallest absolute Gasteiger partial charge is 0.226 e. The second-order valence-corrected chi connectivity index (χ2v) is 9.04. The molecule has 6 heteroatoms. The van der Waals surface area contributed by atoms with Gasteiger partial charge in [-0.2, -0.15) is 0 Å². The largest absolute Gasteiger partial charge is 0.355 e. The number of carbonyl (C=O) groups is 1. The third-order valence-electron chi connectivity index (χ3n) is 6.64. The number of nitrogens with one attached hydrogen (secondary N) is 1. The maximum absolute atomic E-state index is 13.0. The first kappa shape index (κ1) is 17.4. The molecule has 0 radical (unpaired) electrons. The molecule has 6 nitrogen and oxygen atoms in total. The Hall–Kier alpha value is -1.43. The molecule has 2 aliphatic rings. The van der Waals surface area contributed by atoms with Crippen LogP contribution in [0.1, 0.15) is 59.1 Å². The first-order valence-electron chi connectivity index (χ1n) is 9.08. The van der Waals surface area contributed by atoms with Crippen LogP contribution in [0, 0.1) is 22.2 Å². The molecule has 3 N–H and O–H groups in total. The summed E-state index contributed by atoms with van der Waals surface area (Å²) in [6.07, 6.45) is 6.36. The average Bonchev–Trinajstić information content (AvgIpc) is 3.16. The number of rotatable bonds is 6. The van der Waals surface area contributed by atoms with Crippen molar-refractivity contribution in [3.63, 3.8) is 0 Å². The van der Waals surface area contributed by atoms with E-state index in [4.69, 9.17) is 5.73 Å². The van der Waals surface area contributed by atoms with Crippen molar-refractivity contribution in [3.8, 4) is 0 Å². The van der Waals surface area contributed by atoms with Crippen molar-refractivity contribution in [2.24, 2.45) is 27.9 Å². The van der Waals surface area contributed by atoms with E-state index in [9.17, 15) is 4.79 Å². The van der Waals surface area contributed by atoms with Crippen LogP contribution in [0.5, 0.6) is 0 Å². The lowest BCUT2D eigenvalue weighted by molar-refractivity contribution is -0.135. The highest BCUT2D eigenvalue weighted by Gasteiger charge is 2.62. The van der Waals surface area contributed by atoms with E-state index in [-0.39, 0.29) is 22.2 Å². The van der Waals surface area contributed by atoms with E-state index in [1.165, 1.54) is 12.8 Å². The van der Waals surface area contributed by atoms with Gasteiger partial charge in [0.05, 0.1) is 11.1 Å². The number of hydrogen-bond donors (Lipinski definition) is 2. The Bertz CT molecular complexity index is 611. The molecular weight excluding hydrogens is 302 g/mol. The molecule has 24 heavy (non-hydrogen) atoms. The van der Waals surface area contributed by atoms with Gasteiger partial charge >= 0.3 is 0 Å². The molecule has 3 rings (SSSR count). The number of hydrogen-bond acceptors (Lipinski definition) is 4. The Morgan fingerprint density at radius 1 is 1.42 bits per heavy atom. The number of aromatic nitrogens is 3. The molecule has 1 aromatic heterocycles. The topological polar surface area (TPSA) is 85.8 Å². The summed E-state index contributed by atoms with van der Waals surface area (Å²) in [5.41, 5.74) is 6.25. The molecular formula is C18H31N5O. The zero-order chi connectivity index (χ0) is 17.6. The van der Waals surface area contributed by atoms with Crippen LogP contribution in [0.25, 0.3) is 0 Å². The molecule has 0 aromatic carbocycles. The van der Waals surface area contributed by atoms with Crippen LogP contribution < -0.4 is 11.1 Å². The summed E-state index contributed by atoms with van der Waals surface area (Å²) in [6.45, 7) is 10.6. The van der Waals surface area contributed by atoms with Gasteiger partial charge in [0, 0.05) is 31.2 Å². The Kier molecular flexibility index (Phi) is 4.22. The molecule has 1 heterocycles. The van der Waals surface area contributed by atoms with Gasteiger partial charge in [0.2, 0.25) is 5.91 Å². The third kappa shape index (κ3) is 2.75. The first-order valence-corrected chi connectivity index (χ1v) is 9.08. The SMILES string of the molecule is CC(C)(CNC(=O)C12CCC(CC1)C2(C)C)Cn1cc(CN)nn1. The van der Waals surface area contributed by atoms with Crippen LogP contribution in [0.3, 0.4) is 0 Å². The zero-order valence-electron chi connectivity index (χ0n) is 15.4.